The molecular formula is C32H37N5O3S. The summed E-state index contributed by atoms with van der Waals surface area (Å²) in [7, 11) is 1.50. The number of aromatic nitrogens is 3. The van der Waals surface area contributed by atoms with Crippen molar-refractivity contribution in [2.45, 2.75) is 33.2 Å². The van der Waals surface area contributed by atoms with Crippen LogP contribution >= 0.6 is 11.3 Å². The Bertz CT molecular complexity index is 1500. The summed E-state index contributed by atoms with van der Waals surface area (Å²) in [6.45, 7) is 5.00. The molecule has 0 bridgehead atoms. The van der Waals surface area contributed by atoms with Gasteiger partial charge in [-0.3, -0.25) is 19.0 Å². The number of aliphatic hydroxyl groups is 1. The van der Waals surface area contributed by atoms with Crippen LogP contribution < -0.4 is 11.1 Å². The Morgan fingerprint density at radius 1 is 1.07 bits per heavy atom. The number of rotatable bonds is 9. The van der Waals surface area contributed by atoms with Gasteiger partial charge in [-0.05, 0) is 61.0 Å². The highest BCUT2D eigenvalue weighted by Crippen LogP contribution is 2.26. The average Bonchev–Trinajstić information content (AvgIpc) is 3.69. The van der Waals surface area contributed by atoms with Gasteiger partial charge in [-0.15, -0.1) is 0 Å². The Morgan fingerprint density at radius 3 is 2.44 bits per heavy atom. The molecule has 0 saturated heterocycles. The average molecular weight is 572 g/mol. The second-order valence-corrected chi connectivity index (χ2v) is 10.2. The Hall–Kier alpha value is -4.18. The Kier molecular flexibility index (Phi) is 12.4. The molecule has 0 spiro atoms. The maximum atomic E-state index is 12.9. The molecule has 4 N–H and O–H groups in total. The summed E-state index contributed by atoms with van der Waals surface area (Å²) in [6.07, 6.45) is 6.38. The number of nitrogens with one attached hydrogen (secondary N) is 1. The van der Waals surface area contributed by atoms with Crippen LogP contribution in [0, 0.1) is 5.92 Å². The fourth-order valence-electron chi connectivity index (χ4n) is 4.07. The lowest BCUT2D eigenvalue weighted by Gasteiger charge is -2.07. The third-order valence-electron chi connectivity index (χ3n) is 6.12. The van der Waals surface area contributed by atoms with E-state index in [0.717, 1.165) is 47.4 Å². The van der Waals surface area contributed by atoms with Gasteiger partial charge >= 0.3 is 0 Å². The molecule has 0 atom stereocenters. The number of carbonyl (C=O) groups excluding carboxylic acids is 2. The van der Waals surface area contributed by atoms with Crippen molar-refractivity contribution in [1.29, 1.82) is 0 Å². The molecule has 8 nitrogen and oxygen atoms in total. The number of aliphatic hydroxyl groups excluding tert-OH is 1. The number of thiophene rings is 1. The van der Waals surface area contributed by atoms with E-state index in [0.29, 0.717) is 35.8 Å². The van der Waals surface area contributed by atoms with E-state index in [1.165, 1.54) is 18.4 Å². The van der Waals surface area contributed by atoms with Crippen LogP contribution in [0.15, 0.2) is 83.8 Å². The van der Waals surface area contributed by atoms with Crippen molar-refractivity contribution in [1.82, 2.24) is 19.7 Å². The van der Waals surface area contributed by atoms with Crippen molar-refractivity contribution in [3.8, 4) is 22.5 Å². The first-order valence-electron chi connectivity index (χ1n) is 13.5. The normalized spacial score (nSPS) is 10.4. The number of benzene rings is 1. The molecule has 4 heterocycles. The zero-order chi connectivity index (χ0) is 29.6. The Balaban J connectivity index is 0.000000452. The van der Waals surface area contributed by atoms with Crippen molar-refractivity contribution in [3.05, 3.63) is 101 Å². The molecule has 0 unspecified atom stereocenters. The standard InChI is InChI=1S/C25H18N4O2S.C6H14O.CH5N/c30-15-22-23(19-10-12-32-16-19)28-24-20(7-4-11-29(22)24)25(31)27-14-17-8-9-21(26-13-17)18-5-2-1-3-6-18;1-6(2)4-3-5-7;1-2/h1-13,15-16H,14H2,(H,27,31);6-7H,3-5H2,1-2H3;2H2,1H3. The van der Waals surface area contributed by atoms with E-state index in [1.54, 1.807) is 28.9 Å². The molecule has 5 rings (SSSR count). The number of imidazole rings is 1. The number of hydrogen-bond donors (Lipinski definition) is 3. The van der Waals surface area contributed by atoms with E-state index in [4.69, 9.17) is 5.11 Å². The van der Waals surface area contributed by atoms with E-state index < -0.39 is 0 Å². The van der Waals surface area contributed by atoms with Gasteiger partial charge in [0.05, 0.1) is 11.3 Å². The smallest absolute Gasteiger partial charge is 0.255 e. The van der Waals surface area contributed by atoms with E-state index in [2.05, 4.69) is 34.9 Å². The minimum Gasteiger partial charge on any atom is -0.396 e. The van der Waals surface area contributed by atoms with Crippen LogP contribution in [-0.4, -0.2) is 45.3 Å². The van der Waals surface area contributed by atoms with Crippen LogP contribution in [0.1, 0.15) is 53.1 Å². The molecule has 4 aromatic heterocycles. The summed E-state index contributed by atoms with van der Waals surface area (Å²) in [5, 5.41) is 15.1. The molecule has 0 aliphatic rings. The van der Waals surface area contributed by atoms with Gasteiger partial charge in [0.25, 0.3) is 5.91 Å². The fourth-order valence-corrected chi connectivity index (χ4v) is 4.71. The Labute approximate surface area is 244 Å². The summed E-state index contributed by atoms with van der Waals surface area (Å²) >= 11 is 1.53. The predicted molar refractivity (Wildman–Crippen MR) is 166 cm³/mol. The lowest BCUT2D eigenvalue weighted by Crippen LogP contribution is -2.23. The second kappa shape index (κ2) is 16.2. The number of pyridine rings is 2. The van der Waals surface area contributed by atoms with Gasteiger partial charge in [0, 0.05) is 42.1 Å². The summed E-state index contributed by atoms with van der Waals surface area (Å²) in [4.78, 5) is 33.8. The molecule has 0 aliphatic heterocycles. The first-order valence-corrected chi connectivity index (χ1v) is 14.4. The van der Waals surface area contributed by atoms with Crippen molar-refractivity contribution in [2.75, 3.05) is 13.7 Å². The lowest BCUT2D eigenvalue weighted by molar-refractivity contribution is 0.0951. The van der Waals surface area contributed by atoms with Gasteiger partial charge < -0.3 is 16.2 Å². The van der Waals surface area contributed by atoms with Gasteiger partial charge in [-0.2, -0.15) is 11.3 Å². The third-order valence-corrected chi connectivity index (χ3v) is 6.81. The molecule has 0 aliphatic carbocycles. The summed E-state index contributed by atoms with van der Waals surface area (Å²) < 4.78 is 1.66. The fraction of sp³-hybridized carbons (Fsp3) is 0.250. The maximum absolute atomic E-state index is 12.9. The van der Waals surface area contributed by atoms with Crippen LogP contribution in [0.4, 0.5) is 0 Å². The predicted octanol–water partition coefficient (Wildman–Crippen LogP) is 5.86. The SMILES string of the molecule is CC(C)CCCO.CN.O=Cc1c(-c2ccsc2)nc2c(C(=O)NCc3ccc(-c4ccccc4)nc3)cccn12. The van der Waals surface area contributed by atoms with Gasteiger partial charge in [0.2, 0.25) is 0 Å². The quantitative estimate of drug-likeness (QED) is 0.191. The van der Waals surface area contributed by atoms with Crippen LogP contribution in [-0.2, 0) is 6.54 Å². The topological polar surface area (TPSA) is 123 Å². The van der Waals surface area contributed by atoms with Gasteiger partial charge in [-0.1, -0.05) is 50.2 Å². The molecule has 9 heteroatoms. The monoisotopic (exact) mass is 571 g/mol. The number of fused-ring (bicyclic) bond motifs is 1. The highest BCUT2D eigenvalue weighted by molar-refractivity contribution is 7.08. The van der Waals surface area contributed by atoms with E-state index >= 15 is 0 Å². The number of nitrogens with zero attached hydrogens (tertiary/aromatic N) is 3. The maximum Gasteiger partial charge on any atom is 0.255 e. The summed E-state index contributed by atoms with van der Waals surface area (Å²) in [5.41, 5.74) is 10.0. The third kappa shape index (κ3) is 8.40. The molecule has 214 valence electrons. The molecule has 0 saturated carbocycles. The number of carbonyl (C=O) groups is 2. The molecule has 41 heavy (non-hydrogen) atoms. The largest absolute Gasteiger partial charge is 0.396 e. The van der Waals surface area contributed by atoms with Gasteiger partial charge in [0.1, 0.15) is 11.4 Å². The van der Waals surface area contributed by atoms with Crippen LogP contribution in [0.3, 0.4) is 0 Å². The molecule has 1 aromatic carbocycles. The zero-order valence-corrected chi connectivity index (χ0v) is 24.5. The molecule has 0 fully saturated rings. The Morgan fingerprint density at radius 2 is 1.85 bits per heavy atom. The minimum atomic E-state index is -0.262. The van der Waals surface area contributed by atoms with Crippen molar-refractivity contribution < 1.29 is 14.7 Å². The second-order valence-electron chi connectivity index (χ2n) is 9.45. The highest BCUT2D eigenvalue weighted by Gasteiger charge is 2.19. The molecular weight excluding hydrogens is 534 g/mol. The van der Waals surface area contributed by atoms with E-state index in [-0.39, 0.29) is 5.91 Å². The number of hydrogen-bond acceptors (Lipinski definition) is 7. The van der Waals surface area contributed by atoms with Crippen LogP contribution in [0.2, 0.25) is 0 Å². The zero-order valence-electron chi connectivity index (χ0n) is 23.7. The van der Waals surface area contributed by atoms with Gasteiger partial charge in [-0.25, -0.2) is 4.98 Å². The summed E-state index contributed by atoms with van der Waals surface area (Å²) in [6, 6.07) is 19.2. The number of amides is 1. The van der Waals surface area contributed by atoms with Crippen molar-refractivity contribution >= 4 is 29.2 Å². The summed E-state index contributed by atoms with van der Waals surface area (Å²) in [5.74, 6) is 0.481. The van der Waals surface area contributed by atoms with E-state index in [9.17, 15) is 9.59 Å². The van der Waals surface area contributed by atoms with Gasteiger partial charge in [0.15, 0.2) is 11.9 Å². The molecule has 0 radical (unpaired) electrons. The molecule has 1 amide bonds. The minimum absolute atomic E-state index is 0.262. The van der Waals surface area contributed by atoms with Crippen LogP contribution in [0.5, 0.6) is 0 Å². The molecule has 5 aromatic rings. The number of nitrogens with two attached hydrogens (primary N) is 1. The van der Waals surface area contributed by atoms with Crippen molar-refractivity contribution in [3.63, 3.8) is 0 Å². The first kappa shape index (κ1) is 31.3. The highest BCUT2D eigenvalue weighted by atomic mass is 32.1. The number of aldehydes is 1. The lowest BCUT2D eigenvalue weighted by atomic mass is 10.1. The van der Waals surface area contributed by atoms with Crippen molar-refractivity contribution in [2.24, 2.45) is 11.7 Å². The van der Waals surface area contributed by atoms with Crippen LogP contribution in [0.25, 0.3) is 28.2 Å². The first-order chi connectivity index (χ1) is 20.0. The van der Waals surface area contributed by atoms with E-state index in [1.807, 2.05) is 59.3 Å².